The molecule has 0 saturated heterocycles. The summed E-state index contributed by atoms with van der Waals surface area (Å²) in [5, 5.41) is 0. The summed E-state index contributed by atoms with van der Waals surface area (Å²) < 4.78 is 0. The van der Waals surface area contributed by atoms with Crippen LogP contribution >= 0.6 is 0 Å². The second kappa shape index (κ2) is 7.27. The van der Waals surface area contributed by atoms with Crippen molar-refractivity contribution in [3.8, 4) is 0 Å². The van der Waals surface area contributed by atoms with Gasteiger partial charge in [0.15, 0.2) is 0 Å². The molecule has 0 aromatic rings. The van der Waals surface area contributed by atoms with Crippen LogP contribution in [0.4, 0.5) is 0 Å². The Morgan fingerprint density at radius 2 is 0.867 bits per heavy atom. The highest BCUT2D eigenvalue weighted by atomic mass is 14.7. The molecule has 0 amide bonds. The quantitative estimate of drug-likeness (QED) is 0.631. The van der Waals surface area contributed by atoms with Crippen LogP contribution in [-0.4, -0.2) is 5.54 Å². The van der Waals surface area contributed by atoms with E-state index in [4.69, 9.17) is 5.73 Å². The Kier molecular flexibility index (Phi) is 6.31. The monoisotopic (exact) mass is 211 g/mol. The molecule has 1 nitrogen and oxygen atoms in total. The van der Waals surface area contributed by atoms with Crippen molar-refractivity contribution in [3.63, 3.8) is 0 Å². The van der Waals surface area contributed by atoms with E-state index in [0.29, 0.717) is 0 Å². The Morgan fingerprint density at radius 1 is 0.600 bits per heavy atom. The molecule has 0 radical (unpaired) electrons. The largest absolute Gasteiger partial charge is 0.325 e. The third-order valence-electron chi connectivity index (χ3n) is 3.75. The highest BCUT2D eigenvalue weighted by Crippen LogP contribution is 2.21. The van der Waals surface area contributed by atoms with Crippen LogP contribution in [0.15, 0.2) is 0 Å². The van der Waals surface area contributed by atoms with Gasteiger partial charge in [-0.1, -0.05) is 64.2 Å². The molecule has 1 aliphatic carbocycles. The van der Waals surface area contributed by atoms with Crippen LogP contribution in [0, 0.1) is 0 Å². The molecule has 0 bridgehead atoms. The lowest BCUT2D eigenvalue weighted by Crippen LogP contribution is -2.35. The molecule has 0 aromatic heterocycles. The van der Waals surface area contributed by atoms with Gasteiger partial charge in [0.25, 0.3) is 0 Å². The first kappa shape index (κ1) is 13.0. The van der Waals surface area contributed by atoms with Crippen molar-refractivity contribution in [3.05, 3.63) is 0 Å². The molecule has 0 heterocycles. The van der Waals surface area contributed by atoms with Crippen molar-refractivity contribution in [2.24, 2.45) is 5.73 Å². The van der Waals surface area contributed by atoms with Gasteiger partial charge in [-0.2, -0.15) is 0 Å². The molecule has 1 rings (SSSR count). The molecule has 1 aliphatic rings. The molecule has 15 heavy (non-hydrogen) atoms. The number of hydrogen-bond donors (Lipinski definition) is 1. The van der Waals surface area contributed by atoms with Gasteiger partial charge in [-0.3, -0.25) is 0 Å². The third-order valence-corrected chi connectivity index (χ3v) is 3.75. The zero-order valence-electron chi connectivity index (χ0n) is 10.6. The average Bonchev–Trinajstić information content (AvgIpc) is 2.20. The zero-order chi connectivity index (χ0) is 11.0. The minimum atomic E-state index is 0.119. The molecular weight excluding hydrogens is 182 g/mol. The Balaban J connectivity index is 2.24. The predicted octanol–water partition coefficient (Wildman–Crippen LogP) is 4.40. The van der Waals surface area contributed by atoms with E-state index in [1.165, 1.54) is 77.0 Å². The van der Waals surface area contributed by atoms with E-state index >= 15 is 0 Å². The fourth-order valence-corrected chi connectivity index (χ4v) is 2.60. The van der Waals surface area contributed by atoms with E-state index in [2.05, 4.69) is 6.92 Å². The average molecular weight is 211 g/mol. The minimum Gasteiger partial charge on any atom is -0.325 e. The lowest BCUT2D eigenvalue weighted by molar-refractivity contribution is 0.367. The summed E-state index contributed by atoms with van der Waals surface area (Å²) in [6.45, 7) is 2.24. The summed E-state index contributed by atoms with van der Waals surface area (Å²) in [6.07, 6.45) is 16.6. The van der Waals surface area contributed by atoms with Crippen LogP contribution in [0.1, 0.15) is 84.0 Å². The van der Waals surface area contributed by atoms with Crippen LogP contribution in [0.2, 0.25) is 0 Å². The van der Waals surface area contributed by atoms with Crippen molar-refractivity contribution in [1.82, 2.24) is 0 Å². The standard InChI is InChI=1S/C14H29N/c1-14(15)12-10-8-6-4-2-3-5-7-9-11-13-14/h2-13,15H2,1H3. The summed E-state index contributed by atoms with van der Waals surface area (Å²) in [5.41, 5.74) is 6.42. The lowest BCUT2D eigenvalue weighted by Gasteiger charge is -2.24. The van der Waals surface area contributed by atoms with Gasteiger partial charge in [0.1, 0.15) is 0 Å². The first-order valence-electron chi connectivity index (χ1n) is 7.00. The number of hydrogen-bond acceptors (Lipinski definition) is 1. The van der Waals surface area contributed by atoms with Gasteiger partial charge in [0, 0.05) is 5.54 Å². The Labute approximate surface area is 95.8 Å². The molecular formula is C14H29N. The third kappa shape index (κ3) is 6.94. The fraction of sp³-hybridized carbons (Fsp3) is 1.00. The Morgan fingerprint density at radius 3 is 1.20 bits per heavy atom. The first-order valence-corrected chi connectivity index (χ1v) is 7.00. The number of rotatable bonds is 0. The highest BCUT2D eigenvalue weighted by Gasteiger charge is 2.16. The van der Waals surface area contributed by atoms with Gasteiger partial charge in [-0.15, -0.1) is 0 Å². The maximum Gasteiger partial charge on any atom is 0.0125 e. The summed E-state index contributed by atoms with van der Waals surface area (Å²) in [7, 11) is 0. The van der Waals surface area contributed by atoms with Gasteiger partial charge >= 0.3 is 0 Å². The molecule has 0 atom stereocenters. The van der Waals surface area contributed by atoms with E-state index in [-0.39, 0.29) is 5.54 Å². The predicted molar refractivity (Wildman–Crippen MR) is 68.0 cm³/mol. The van der Waals surface area contributed by atoms with Crippen LogP contribution < -0.4 is 5.73 Å². The van der Waals surface area contributed by atoms with Crippen molar-refractivity contribution in [1.29, 1.82) is 0 Å². The van der Waals surface area contributed by atoms with Gasteiger partial charge in [-0.25, -0.2) is 0 Å². The van der Waals surface area contributed by atoms with Crippen LogP contribution in [0.25, 0.3) is 0 Å². The molecule has 1 heteroatoms. The Bertz CT molecular complexity index is 135. The molecule has 1 fully saturated rings. The van der Waals surface area contributed by atoms with Crippen LogP contribution in [0.3, 0.4) is 0 Å². The second-order valence-corrected chi connectivity index (χ2v) is 5.69. The van der Waals surface area contributed by atoms with Gasteiger partial charge < -0.3 is 5.73 Å². The minimum absolute atomic E-state index is 0.119. The molecule has 1 saturated carbocycles. The summed E-state index contributed by atoms with van der Waals surface area (Å²) >= 11 is 0. The van der Waals surface area contributed by atoms with E-state index in [1.54, 1.807) is 0 Å². The normalized spacial score (nSPS) is 26.0. The maximum atomic E-state index is 6.30. The van der Waals surface area contributed by atoms with Gasteiger partial charge in [0.2, 0.25) is 0 Å². The molecule has 0 aliphatic heterocycles. The fourth-order valence-electron chi connectivity index (χ4n) is 2.60. The van der Waals surface area contributed by atoms with E-state index < -0.39 is 0 Å². The molecule has 0 spiro atoms. The smallest absolute Gasteiger partial charge is 0.0125 e. The molecule has 0 aromatic carbocycles. The molecule has 2 N–H and O–H groups in total. The second-order valence-electron chi connectivity index (χ2n) is 5.69. The highest BCUT2D eigenvalue weighted by molar-refractivity contribution is 4.78. The van der Waals surface area contributed by atoms with Crippen molar-refractivity contribution >= 4 is 0 Å². The zero-order valence-corrected chi connectivity index (χ0v) is 10.6. The summed E-state index contributed by atoms with van der Waals surface area (Å²) in [4.78, 5) is 0. The molecule has 90 valence electrons. The van der Waals surface area contributed by atoms with E-state index in [0.717, 1.165) is 0 Å². The van der Waals surface area contributed by atoms with Crippen molar-refractivity contribution < 1.29 is 0 Å². The first-order chi connectivity index (χ1) is 7.21. The Hall–Kier alpha value is -0.0400. The summed E-state index contributed by atoms with van der Waals surface area (Å²) in [6, 6.07) is 0. The van der Waals surface area contributed by atoms with Crippen molar-refractivity contribution in [2.75, 3.05) is 0 Å². The van der Waals surface area contributed by atoms with Gasteiger partial charge in [0.05, 0.1) is 0 Å². The summed E-state index contributed by atoms with van der Waals surface area (Å²) in [5.74, 6) is 0. The SMILES string of the molecule is CC1(N)CCCCCCCCCCCC1. The van der Waals surface area contributed by atoms with Crippen molar-refractivity contribution in [2.45, 2.75) is 89.5 Å². The number of nitrogens with two attached hydrogens (primary N) is 1. The molecule has 0 unspecified atom stereocenters. The van der Waals surface area contributed by atoms with Crippen LogP contribution in [-0.2, 0) is 0 Å². The van der Waals surface area contributed by atoms with E-state index in [9.17, 15) is 0 Å². The van der Waals surface area contributed by atoms with Gasteiger partial charge in [-0.05, 0) is 19.8 Å². The van der Waals surface area contributed by atoms with Crippen LogP contribution in [0.5, 0.6) is 0 Å². The maximum absolute atomic E-state index is 6.30. The lowest BCUT2D eigenvalue weighted by atomic mass is 9.89. The van der Waals surface area contributed by atoms with E-state index in [1.807, 2.05) is 0 Å². The topological polar surface area (TPSA) is 26.0 Å².